The summed E-state index contributed by atoms with van der Waals surface area (Å²) in [5.41, 5.74) is 0.0685. The van der Waals surface area contributed by atoms with Gasteiger partial charge in [0, 0.05) is 24.3 Å². The molecule has 10 nitrogen and oxygen atoms in total. The maximum atomic E-state index is 13.0. The number of carbonyl (C=O) groups excluding carboxylic acids is 1. The number of nitrogens with zero attached hydrogens (tertiary/aromatic N) is 5. The molecule has 3 aliphatic rings. The molecule has 3 aromatic heterocycles. The third kappa shape index (κ3) is 3.77. The number of pyridine rings is 1. The molecule has 3 heterocycles. The predicted molar refractivity (Wildman–Crippen MR) is 123 cm³/mol. The minimum absolute atomic E-state index is 0.0194. The highest BCUT2D eigenvalue weighted by atomic mass is 16.6. The van der Waals surface area contributed by atoms with Crippen LogP contribution in [0.25, 0.3) is 11.2 Å². The van der Waals surface area contributed by atoms with Gasteiger partial charge in [-0.15, -0.1) is 0 Å². The number of hydrogen-bond acceptors (Lipinski definition) is 6. The monoisotopic (exact) mass is 460 g/mol. The topological polar surface area (TPSA) is 115 Å². The molecule has 1 N–H and O–H groups in total. The SMILES string of the molecule is O=C(Oc1cccnc1)N(CC#Cc1nc2c([nH]1)c(=O)n(C1CC1)c(=O)n2C1CC1)C1CCC1. The lowest BCUT2D eigenvalue weighted by Gasteiger charge is -2.35. The Labute approximate surface area is 194 Å². The first-order valence-corrected chi connectivity index (χ1v) is 11.7. The van der Waals surface area contributed by atoms with E-state index in [1.807, 2.05) is 0 Å². The van der Waals surface area contributed by atoms with Crippen molar-refractivity contribution in [3.63, 3.8) is 0 Å². The molecule has 0 saturated heterocycles. The van der Waals surface area contributed by atoms with Gasteiger partial charge in [-0.05, 0) is 63.0 Å². The zero-order valence-corrected chi connectivity index (χ0v) is 18.6. The Morgan fingerprint density at radius 1 is 1.15 bits per heavy atom. The lowest BCUT2D eigenvalue weighted by atomic mass is 9.92. The van der Waals surface area contributed by atoms with Gasteiger partial charge >= 0.3 is 11.8 Å². The van der Waals surface area contributed by atoms with Crippen LogP contribution in [-0.2, 0) is 0 Å². The number of amides is 1. The fourth-order valence-electron chi connectivity index (χ4n) is 4.29. The van der Waals surface area contributed by atoms with Crippen LogP contribution < -0.4 is 16.0 Å². The molecule has 3 aromatic rings. The van der Waals surface area contributed by atoms with Gasteiger partial charge in [-0.3, -0.25) is 23.8 Å². The van der Waals surface area contributed by atoms with Crippen LogP contribution in [0.2, 0.25) is 0 Å². The number of imidazole rings is 1. The van der Waals surface area contributed by atoms with Crippen LogP contribution in [0, 0.1) is 11.8 Å². The van der Waals surface area contributed by atoms with Crippen molar-refractivity contribution in [1.82, 2.24) is 29.0 Å². The van der Waals surface area contributed by atoms with Gasteiger partial charge in [0.15, 0.2) is 22.7 Å². The van der Waals surface area contributed by atoms with Gasteiger partial charge in [-0.1, -0.05) is 5.92 Å². The van der Waals surface area contributed by atoms with E-state index in [-0.39, 0.29) is 35.9 Å². The van der Waals surface area contributed by atoms with Crippen LogP contribution in [0.4, 0.5) is 4.79 Å². The summed E-state index contributed by atoms with van der Waals surface area (Å²) < 4.78 is 8.46. The van der Waals surface area contributed by atoms with Crippen LogP contribution in [-0.4, -0.2) is 47.7 Å². The molecule has 1 amide bonds. The predicted octanol–water partition coefficient (Wildman–Crippen LogP) is 2.36. The van der Waals surface area contributed by atoms with Gasteiger partial charge < -0.3 is 9.72 Å². The highest BCUT2D eigenvalue weighted by Crippen LogP contribution is 2.36. The van der Waals surface area contributed by atoms with Crippen molar-refractivity contribution in [3.8, 4) is 17.6 Å². The number of aromatic nitrogens is 5. The number of aromatic amines is 1. The largest absolute Gasteiger partial charge is 0.416 e. The fraction of sp³-hybridized carbons (Fsp3) is 0.458. The van der Waals surface area contributed by atoms with E-state index in [1.54, 1.807) is 27.8 Å². The summed E-state index contributed by atoms with van der Waals surface area (Å²) in [5.74, 6) is 6.63. The van der Waals surface area contributed by atoms with Crippen LogP contribution in [0.1, 0.15) is 62.9 Å². The highest BCUT2D eigenvalue weighted by molar-refractivity contribution is 5.72. The number of carbonyl (C=O) groups is 1. The molecule has 174 valence electrons. The minimum Gasteiger partial charge on any atom is -0.409 e. The quantitative estimate of drug-likeness (QED) is 0.585. The van der Waals surface area contributed by atoms with Crippen molar-refractivity contribution >= 4 is 17.3 Å². The first-order chi connectivity index (χ1) is 16.6. The summed E-state index contributed by atoms with van der Waals surface area (Å²) in [5, 5.41) is 0. The van der Waals surface area contributed by atoms with Crippen LogP contribution in [0.5, 0.6) is 5.75 Å². The van der Waals surface area contributed by atoms with E-state index in [2.05, 4.69) is 26.8 Å². The second kappa shape index (κ2) is 8.17. The normalized spacial score (nSPS) is 17.6. The number of rotatable bonds is 5. The number of nitrogens with one attached hydrogen (secondary N) is 1. The van der Waals surface area contributed by atoms with E-state index in [1.165, 1.54) is 10.8 Å². The molecule has 10 heteroatoms. The highest BCUT2D eigenvalue weighted by Gasteiger charge is 2.34. The van der Waals surface area contributed by atoms with Gasteiger partial charge in [0.1, 0.15) is 0 Å². The maximum absolute atomic E-state index is 13.0. The van der Waals surface area contributed by atoms with E-state index in [0.29, 0.717) is 22.7 Å². The lowest BCUT2D eigenvalue weighted by molar-refractivity contribution is 0.112. The van der Waals surface area contributed by atoms with E-state index in [0.717, 1.165) is 44.9 Å². The van der Waals surface area contributed by atoms with Crippen molar-refractivity contribution in [1.29, 1.82) is 0 Å². The molecule has 0 radical (unpaired) electrons. The third-order valence-corrected chi connectivity index (χ3v) is 6.63. The standard InChI is InChI=1S/C24H24N6O4/c31-22-20-21(29(16-8-9-16)23(32)30(22)17-10-11-17)27-19(26-20)7-3-13-28(15-4-1-5-15)24(33)34-18-6-2-12-25-14-18/h2,6,12,14-17H,1,4-5,8-11,13H2,(H,26,27). The molecule has 0 spiro atoms. The molecular formula is C24H24N6O4. The molecule has 0 bridgehead atoms. The van der Waals surface area contributed by atoms with Crippen LogP contribution in [0.3, 0.4) is 0 Å². The average molecular weight is 460 g/mol. The van der Waals surface area contributed by atoms with Gasteiger partial charge in [-0.25, -0.2) is 14.6 Å². The Bertz CT molecular complexity index is 1430. The van der Waals surface area contributed by atoms with Crippen molar-refractivity contribution in [2.75, 3.05) is 6.54 Å². The van der Waals surface area contributed by atoms with Crippen molar-refractivity contribution in [3.05, 3.63) is 51.2 Å². The third-order valence-electron chi connectivity index (χ3n) is 6.63. The molecule has 3 fully saturated rings. The van der Waals surface area contributed by atoms with E-state index in [9.17, 15) is 14.4 Å². The van der Waals surface area contributed by atoms with Gasteiger partial charge in [0.25, 0.3) is 5.56 Å². The summed E-state index contributed by atoms with van der Waals surface area (Å²) in [7, 11) is 0. The zero-order valence-electron chi connectivity index (χ0n) is 18.6. The first kappa shape index (κ1) is 20.7. The molecule has 34 heavy (non-hydrogen) atoms. The molecular weight excluding hydrogens is 436 g/mol. The minimum atomic E-state index is -0.466. The molecule has 0 aromatic carbocycles. The maximum Gasteiger partial charge on any atom is 0.416 e. The van der Waals surface area contributed by atoms with Crippen molar-refractivity contribution < 1.29 is 9.53 Å². The molecule has 3 aliphatic carbocycles. The molecule has 0 atom stereocenters. The van der Waals surface area contributed by atoms with E-state index < -0.39 is 6.09 Å². The van der Waals surface area contributed by atoms with Crippen LogP contribution >= 0.6 is 0 Å². The smallest absolute Gasteiger partial charge is 0.409 e. The molecule has 3 saturated carbocycles. The number of fused-ring (bicyclic) bond motifs is 1. The zero-order chi connectivity index (χ0) is 23.2. The second-order valence-corrected chi connectivity index (χ2v) is 9.15. The van der Waals surface area contributed by atoms with Crippen molar-refractivity contribution in [2.24, 2.45) is 0 Å². The number of hydrogen-bond donors (Lipinski definition) is 1. The number of ether oxygens (including phenoxy) is 1. The first-order valence-electron chi connectivity index (χ1n) is 11.7. The summed E-state index contributed by atoms with van der Waals surface area (Å²) in [6.07, 6.45) is 9.01. The van der Waals surface area contributed by atoms with E-state index in [4.69, 9.17) is 4.74 Å². The number of H-pyrrole nitrogens is 1. The summed E-state index contributed by atoms with van der Waals surface area (Å²) in [6, 6.07) is 3.53. The lowest BCUT2D eigenvalue weighted by Crippen LogP contribution is -2.45. The van der Waals surface area contributed by atoms with E-state index >= 15 is 0 Å². The van der Waals surface area contributed by atoms with Crippen LogP contribution in [0.15, 0.2) is 34.1 Å². The second-order valence-electron chi connectivity index (χ2n) is 9.15. The van der Waals surface area contributed by atoms with Gasteiger partial charge in [0.05, 0.1) is 12.7 Å². The Morgan fingerprint density at radius 2 is 1.91 bits per heavy atom. The fourth-order valence-corrected chi connectivity index (χ4v) is 4.29. The Hall–Kier alpha value is -3.87. The Balaban J connectivity index is 1.28. The van der Waals surface area contributed by atoms with Crippen molar-refractivity contribution in [2.45, 2.75) is 63.1 Å². The summed E-state index contributed by atoms with van der Waals surface area (Å²) >= 11 is 0. The molecule has 0 unspecified atom stereocenters. The summed E-state index contributed by atoms with van der Waals surface area (Å²) in [4.78, 5) is 51.8. The Kier molecular flexibility index (Phi) is 4.98. The molecule has 0 aliphatic heterocycles. The van der Waals surface area contributed by atoms with Gasteiger partial charge in [-0.2, -0.15) is 0 Å². The average Bonchev–Trinajstić information content (AvgIpc) is 3.72. The van der Waals surface area contributed by atoms with Gasteiger partial charge in [0.2, 0.25) is 0 Å². The Morgan fingerprint density at radius 3 is 2.56 bits per heavy atom. The summed E-state index contributed by atoms with van der Waals surface area (Å²) in [6.45, 7) is 0.169. The molecule has 6 rings (SSSR count).